The smallest absolute Gasteiger partial charge is 0.399 e. The first-order valence-corrected chi connectivity index (χ1v) is 6.82. The Bertz CT molecular complexity index is 571. The van der Waals surface area contributed by atoms with E-state index >= 15 is 0 Å². The summed E-state index contributed by atoms with van der Waals surface area (Å²) in [6.07, 6.45) is -5.95. The minimum Gasteiger partial charge on any atom is -0.399 e. The zero-order chi connectivity index (χ0) is 16.9. The Morgan fingerprint density at radius 3 is 2.05 bits per heavy atom. The zero-order valence-electron chi connectivity index (χ0n) is 12.8. The van der Waals surface area contributed by atoms with Crippen molar-refractivity contribution in [3.8, 4) is 0 Å². The number of alkyl halides is 3. The number of rotatable bonds is 2. The highest BCUT2D eigenvalue weighted by Gasteiger charge is 2.52. The Balaban J connectivity index is 2.47. The SMILES string of the molecule is CC1(C)OB(c2cc(N)cc(F)c2CC(F)(F)F)OC1(C)C. The van der Waals surface area contributed by atoms with Crippen molar-refractivity contribution in [3.05, 3.63) is 23.5 Å². The standard InChI is InChI=1S/C14H18BF4NO2/c1-12(2)13(3,4)22-15(21-12)10-5-8(20)6-11(16)9(10)7-14(17,18)19/h5-6H,7,20H2,1-4H3. The highest BCUT2D eigenvalue weighted by atomic mass is 19.4. The van der Waals surface area contributed by atoms with Gasteiger partial charge < -0.3 is 15.0 Å². The Labute approximate surface area is 126 Å². The second-order valence-electron chi connectivity index (χ2n) is 6.45. The molecule has 1 fully saturated rings. The van der Waals surface area contributed by atoms with Crippen LogP contribution in [0.15, 0.2) is 12.1 Å². The van der Waals surface area contributed by atoms with E-state index in [2.05, 4.69) is 0 Å². The predicted octanol–water partition coefficient (Wildman–Crippen LogP) is 2.81. The van der Waals surface area contributed by atoms with Crippen molar-refractivity contribution in [1.82, 2.24) is 0 Å². The Kier molecular flexibility index (Phi) is 3.98. The molecule has 122 valence electrons. The topological polar surface area (TPSA) is 44.5 Å². The molecule has 1 aliphatic rings. The Morgan fingerprint density at radius 1 is 1.09 bits per heavy atom. The van der Waals surface area contributed by atoms with Gasteiger partial charge in [-0.2, -0.15) is 13.2 Å². The van der Waals surface area contributed by atoms with Crippen molar-refractivity contribution >= 4 is 18.3 Å². The van der Waals surface area contributed by atoms with Gasteiger partial charge in [-0.25, -0.2) is 4.39 Å². The molecule has 1 heterocycles. The molecule has 1 aromatic rings. The van der Waals surface area contributed by atoms with Gasteiger partial charge >= 0.3 is 13.3 Å². The molecule has 2 N–H and O–H groups in total. The lowest BCUT2D eigenvalue weighted by Crippen LogP contribution is -2.41. The van der Waals surface area contributed by atoms with E-state index in [1.807, 2.05) is 0 Å². The molecule has 0 amide bonds. The molecular formula is C14H18BF4NO2. The maximum atomic E-state index is 14.0. The van der Waals surface area contributed by atoms with Gasteiger partial charge in [0.05, 0.1) is 17.6 Å². The Morgan fingerprint density at radius 2 is 1.59 bits per heavy atom. The van der Waals surface area contributed by atoms with Crippen LogP contribution in [0.5, 0.6) is 0 Å². The first kappa shape index (κ1) is 17.1. The van der Waals surface area contributed by atoms with E-state index in [4.69, 9.17) is 15.0 Å². The molecule has 0 unspecified atom stereocenters. The normalized spacial score (nSPS) is 20.5. The molecule has 0 bridgehead atoms. The van der Waals surface area contributed by atoms with Crippen LogP contribution in [0.2, 0.25) is 0 Å². The van der Waals surface area contributed by atoms with E-state index in [1.165, 1.54) is 6.07 Å². The summed E-state index contributed by atoms with van der Waals surface area (Å²) in [5.41, 5.74) is 3.58. The van der Waals surface area contributed by atoms with E-state index in [-0.39, 0.29) is 11.2 Å². The van der Waals surface area contributed by atoms with Gasteiger partial charge in [0.25, 0.3) is 0 Å². The lowest BCUT2D eigenvalue weighted by molar-refractivity contribution is -0.127. The van der Waals surface area contributed by atoms with Crippen LogP contribution >= 0.6 is 0 Å². The van der Waals surface area contributed by atoms with Crippen molar-refractivity contribution in [1.29, 1.82) is 0 Å². The molecule has 1 aromatic carbocycles. The van der Waals surface area contributed by atoms with Crippen LogP contribution in [-0.2, 0) is 15.7 Å². The molecule has 1 aliphatic heterocycles. The summed E-state index contributed by atoms with van der Waals surface area (Å²) in [4.78, 5) is 0. The molecule has 2 rings (SSSR count). The van der Waals surface area contributed by atoms with Gasteiger partial charge in [0.1, 0.15) is 5.82 Å². The number of halogens is 4. The summed E-state index contributed by atoms with van der Waals surface area (Å²) in [6.45, 7) is 7.05. The van der Waals surface area contributed by atoms with Crippen molar-refractivity contribution in [2.24, 2.45) is 0 Å². The van der Waals surface area contributed by atoms with Crippen LogP contribution in [0.25, 0.3) is 0 Å². The zero-order valence-corrected chi connectivity index (χ0v) is 12.8. The first-order chi connectivity index (χ1) is 9.82. The quantitative estimate of drug-likeness (QED) is 0.518. The van der Waals surface area contributed by atoms with E-state index in [0.29, 0.717) is 0 Å². The van der Waals surface area contributed by atoms with Crippen molar-refractivity contribution < 1.29 is 26.9 Å². The lowest BCUT2D eigenvalue weighted by atomic mass is 9.74. The van der Waals surface area contributed by atoms with Gasteiger partial charge in [0.15, 0.2) is 0 Å². The number of hydrogen-bond acceptors (Lipinski definition) is 3. The van der Waals surface area contributed by atoms with Crippen LogP contribution in [-0.4, -0.2) is 24.5 Å². The van der Waals surface area contributed by atoms with Gasteiger partial charge in [-0.1, -0.05) is 0 Å². The number of nitrogen functional groups attached to an aromatic ring is 1. The van der Waals surface area contributed by atoms with E-state index in [9.17, 15) is 17.6 Å². The molecule has 0 aliphatic carbocycles. The lowest BCUT2D eigenvalue weighted by Gasteiger charge is -2.32. The first-order valence-electron chi connectivity index (χ1n) is 6.82. The fourth-order valence-electron chi connectivity index (χ4n) is 2.25. The second-order valence-corrected chi connectivity index (χ2v) is 6.45. The summed E-state index contributed by atoms with van der Waals surface area (Å²) in [6, 6.07) is 2.14. The van der Waals surface area contributed by atoms with Crippen LogP contribution < -0.4 is 11.2 Å². The van der Waals surface area contributed by atoms with Crippen molar-refractivity contribution in [2.75, 3.05) is 5.73 Å². The third-order valence-corrected chi connectivity index (χ3v) is 4.14. The molecule has 1 saturated heterocycles. The molecule has 3 nitrogen and oxygen atoms in total. The summed E-state index contributed by atoms with van der Waals surface area (Å²) in [7, 11) is -1.10. The van der Waals surface area contributed by atoms with Crippen LogP contribution in [0.4, 0.5) is 23.2 Å². The number of nitrogens with two attached hydrogens (primary N) is 1. The minimum absolute atomic E-state index is 0.0199. The number of hydrogen-bond donors (Lipinski definition) is 1. The summed E-state index contributed by atoms with van der Waals surface area (Å²) < 4.78 is 63.5. The van der Waals surface area contributed by atoms with Gasteiger partial charge in [0.2, 0.25) is 0 Å². The second kappa shape index (κ2) is 5.13. The maximum Gasteiger partial charge on any atom is 0.495 e. The summed E-state index contributed by atoms with van der Waals surface area (Å²) in [5.74, 6) is -1.01. The third-order valence-electron chi connectivity index (χ3n) is 4.14. The fourth-order valence-corrected chi connectivity index (χ4v) is 2.25. The van der Waals surface area contributed by atoms with Gasteiger partial charge in [-0.15, -0.1) is 0 Å². The maximum absolute atomic E-state index is 14.0. The molecule has 8 heteroatoms. The van der Waals surface area contributed by atoms with Crippen molar-refractivity contribution in [2.45, 2.75) is 51.5 Å². The molecule has 0 aromatic heterocycles. The molecule has 0 radical (unpaired) electrons. The van der Waals surface area contributed by atoms with E-state index in [0.717, 1.165) is 6.07 Å². The average molecular weight is 319 g/mol. The van der Waals surface area contributed by atoms with Crippen LogP contribution in [0, 0.1) is 5.82 Å². The monoisotopic (exact) mass is 319 g/mol. The fraction of sp³-hybridized carbons (Fsp3) is 0.571. The molecule has 0 atom stereocenters. The average Bonchev–Trinajstić information content (AvgIpc) is 2.50. The van der Waals surface area contributed by atoms with Gasteiger partial charge in [-0.3, -0.25) is 0 Å². The highest BCUT2D eigenvalue weighted by Crippen LogP contribution is 2.37. The van der Waals surface area contributed by atoms with Gasteiger partial charge in [0, 0.05) is 5.69 Å². The minimum atomic E-state index is -4.55. The largest absolute Gasteiger partial charge is 0.495 e. The molecular weight excluding hydrogens is 301 g/mol. The van der Waals surface area contributed by atoms with Crippen LogP contribution in [0.3, 0.4) is 0 Å². The highest BCUT2D eigenvalue weighted by molar-refractivity contribution is 6.62. The summed E-state index contributed by atoms with van der Waals surface area (Å²) >= 11 is 0. The van der Waals surface area contributed by atoms with Gasteiger partial charge in [-0.05, 0) is 50.9 Å². The molecule has 0 saturated carbocycles. The van der Waals surface area contributed by atoms with E-state index in [1.54, 1.807) is 27.7 Å². The third kappa shape index (κ3) is 3.22. The number of anilines is 1. The molecule has 22 heavy (non-hydrogen) atoms. The Hall–Kier alpha value is -1.28. The summed E-state index contributed by atoms with van der Waals surface area (Å²) in [5, 5.41) is 0. The van der Waals surface area contributed by atoms with E-state index < -0.39 is 42.3 Å². The predicted molar refractivity (Wildman–Crippen MR) is 76.3 cm³/mol. The number of benzene rings is 1. The van der Waals surface area contributed by atoms with Crippen LogP contribution in [0.1, 0.15) is 33.3 Å². The van der Waals surface area contributed by atoms with Crippen molar-refractivity contribution in [3.63, 3.8) is 0 Å². The molecule has 0 spiro atoms.